The Kier molecular flexibility index (Phi) is 2.19. The molecule has 0 heterocycles. The van der Waals surface area contributed by atoms with E-state index in [0.717, 1.165) is 11.1 Å². The molecule has 2 heteroatoms. The van der Waals surface area contributed by atoms with Crippen molar-refractivity contribution in [3.05, 3.63) is 53.6 Å². The topological polar surface area (TPSA) is 37.3 Å². The van der Waals surface area contributed by atoms with Crippen molar-refractivity contribution in [3.8, 4) is 0 Å². The first-order valence-corrected chi connectivity index (χ1v) is 4.47. The normalized spacial score (nSPS) is 14.9. The van der Waals surface area contributed by atoms with Gasteiger partial charge in [-0.05, 0) is 23.6 Å². The zero-order valence-corrected chi connectivity index (χ0v) is 7.60. The van der Waals surface area contributed by atoms with Crippen molar-refractivity contribution < 1.29 is 9.90 Å². The van der Waals surface area contributed by atoms with Gasteiger partial charge in [0, 0.05) is 5.57 Å². The van der Waals surface area contributed by atoms with Crippen LogP contribution in [0.15, 0.2) is 48.1 Å². The number of allylic oxidation sites excluding steroid dienone is 3. The van der Waals surface area contributed by atoms with Crippen LogP contribution in [0.1, 0.15) is 12.0 Å². The number of benzene rings is 1. The van der Waals surface area contributed by atoms with Gasteiger partial charge in [0.15, 0.2) is 0 Å². The van der Waals surface area contributed by atoms with E-state index in [1.54, 1.807) is 6.08 Å². The molecule has 14 heavy (non-hydrogen) atoms. The molecule has 70 valence electrons. The second-order valence-corrected chi connectivity index (χ2v) is 3.20. The van der Waals surface area contributed by atoms with E-state index in [4.69, 9.17) is 5.11 Å². The molecule has 0 radical (unpaired) electrons. The average molecular weight is 186 g/mol. The Morgan fingerprint density at radius 3 is 2.50 bits per heavy atom. The lowest BCUT2D eigenvalue weighted by Gasteiger charge is -1.97. The van der Waals surface area contributed by atoms with Crippen molar-refractivity contribution in [1.82, 2.24) is 0 Å². The van der Waals surface area contributed by atoms with Gasteiger partial charge in [0.1, 0.15) is 0 Å². The zero-order valence-electron chi connectivity index (χ0n) is 7.60. The van der Waals surface area contributed by atoms with E-state index in [2.05, 4.69) is 0 Å². The Balaban J connectivity index is 2.28. The summed E-state index contributed by atoms with van der Waals surface area (Å²) in [5, 5.41) is 8.78. The molecule has 1 aromatic rings. The highest BCUT2D eigenvalue weighted by Gasteiger charge is 2.13. The summed E-state index contributed by atoms with van der Waals surface area (Å²) in [5.74, 6) is -0.827. The maximum atomic E-state index is 10.7. The number of carbonyl (C=O) groups is 1. The van der Waals surface area contributed by atoms with E-state index in [0.29, 0.717) is 12.0 Å². The van der Waals surface area contributed by atoms with Gasteiger partial charge in [-0.15, -0.1) is 0 Å². The lowest BCUT2D eigenvalue weighted by atomic mass is 10.1. The summed E-state index contributed by atoms with van der Waals surface area (Å²) in [4.78, 5) is 10.7. The molecule has 0 fully saturated rings. The van der Waals surface area contributed by atoms with Gasteiger partial charge >= 0.3 is 5.97 Å². The monoisotopic (exact) mass is 186 g/mol. The summed E-state index contributed by atoms with van der Waals surface area (Å²) in [6, 6.07) is 9.80. The van der Waals surface area contributed by atoms with Crippen molar-refractivity contribution in [2.45, 2.75) is 6.42 Å². The van der Waals surface area contributed by atoms with Crippen LogP contribution in [0.5, 0.6) is 0 Å². The van der Waals surface area contributed by atoms with E-state index in [-0.39, 0.29) is 0 Å². The van der Waals surface area contributed by atoms with Crippen molar-refractivity contribution >= 4 is 11.5 Å². The van der Waals surface area contributed by atoms with Gasteiger partial charge in [-0.25, -0.2) is 4.79 Å². The zero-order chi connectivity index (χ0) is 9.97. The molecule has 0 aliphatic heterocycles. The third-order valence-electron chi connectivity index (χ3n) is 2.25. The van der Waals surface area contributed by atoms with E-state index < -0.39 is 5.97 Å². The Bertz CT molecular complexity index is 413. The Hall–Kier alpha value is -1.83. The van der Waals surface area contributed by atoms with Gasteiger partial charge < -0.3 is 5.11 Å². The van der Waals surface area contributed by atoms with Gasteiger partial charge in [0.25, 0.3) is 0 Å². The van der Waals surface area contributed by atoms with Crippen LogP contribution >= 0.6 is 0 Å². The molecule has 2 rings (SSSR count). The minimum atomic E-state index is -0.827. The standard InChI is InChI=1S/C12H10O2/c13-12(14)11-7-6-10(8-11)9-4-2-1-3-5-9/h1-6,8H,7H2,(H,13,14). The third-order valence-corrected chi connectivity index (χ3v) is 2.25. The molecule has 0 spiro atoms. The summed E-state index contributed by atoms with van der Waals surface area (Å²) in [5.41, 5.74) is 2.54. The SMILES string of the molecule is O=C(O)C1=CC(c2ccccc2)=CC1. The molecule has 1 N–H and O–H groups in total. The van der Waals surface area contributed by atoms with Crippen LogP contribution in [-0.2, 0) is 4.79 Å². The number of hydrogen-bond donors (Lipinski definition) is 1. The van der Waals surface area contributed by atoms with Gasteiger partial charge in [-0.2, -0.15) is 0 Å². The Morgan fingerprint density at radius 2 is 1.93 bits per heavy atom. The predicted octanol–water partition coefficient (Wildman–Crippen LogP) is 2.48. The highest BCUT2D eigenvalue weighted by Crippen LogP contribution is 2.25. The van der Waals surface area contributed by atoms with Crippen LogP contribution in [0.25, 0.3) is 5.57 Å². The van der Waals surface area contributed by atoms with Crippen molar-refractivity contribution in [3.63, 3.8) is 0 Å². The Labute approximate surface area is 82.2 Å². The molecule has 0 unspecified atom stereocenters. The van der Waals surface area contributed by atoms with Gasteiger partial charge in [0.2, 0.25) is 0 Å². The van der Waals surface area contributed by atoms with Crippen LogP contribution in [-0.4, -0.2) is 11.1 Å². The van der Waals surface area contributed by atoms with Crippen LogP contribution < -0.4 is 0 Å². The number of hydrogen-bond acceptors (Lipinski definition) is 1. The van der Waals surface area contributed by atoms with E-state index in [1.165, 1.54) is 0 Å². The van der Waals surface area contributed by atoms with Gasteiger partial charge in [-0.1, -0.05) is 36.4 Å². The second-order valence-electron chi connectivity index (χ2n) is 3.20. The van der Waals surface area contributed by atoms with E-state index in [9.17, 15) is 4.79 Å². The summed E-state index contributed by atoms with van der Waals surface area (Å²) in [7, 11) is 0. The summed E-state index contributed by atoms with van der Waals surface area (Å²) >= 11 is 0. The minimum absolute atomic E-state index is 0.462. The maximum absolute atomic E-state index is 10.7. The molecule has 0 amide bonds. The molecular weight excluding hydrogens is 176 g/mol. The first-order valence-electron chi connectivity index (χ1n) is 4.47. The van der Waals surface area contributed by atoms with Crippen molar-refractivity contribution in [2.75, 3.05) is 0 Å². The predicted molar refractivity (Wildman–Crippen MR) is 54.8 cm³/mol. The van der Waals surface area contributed by atoms with Crippen LogP contribution in [0, 0.1) is 0 Å². The summed E-state index contributed by atoms with van der Waals surface area (Å²) in [6.07, 6.45) is 4.20. The van der Waals surface area contributed by atoms with E-state index >= 15 is 0 Å². The fourth-order valence-electron chi connectivity index (χ4n) is 1.51. The molecular formula is C12H10O2. The van der Waals surface area contributed by atoms with E-state index in [1.807, 2.05) is 36.4 Å². The quantitative estimate of drug-likeness (QED) is 0.770. The highest BCUT2D eigenvalue weighted by atomic mass is 16.4. The first-order chi connectivity index (χ1) is 6.77. The molecule has 1 aliphatic rings. The van der Waals surface area contributed by atoms with Crippen molar-refractivity contribution in [1.29, 1.82) is 0 Å². The number of aliphatic carboxylic acids is 1. The molecule has 0 saturated carbocycles. The van der Waals surface area contributed by atoms with Crippen LogP contribution in [0.2, 0.25) is 0 Å². The molecule has 0 atom stereocenters. The fraction of sp³-hybridized carbons (Fsp3) is 0.0833. The van der Waals surface area contributed by atoms with Gasteiger partial charge in [0.05, 0.1) is 0 Å². The van der Waals surface area contributed by atoms with Gasteiger partial charge in [-0.3, -0.25) is 0 Å². The smallest absolute Gasteiger partial charge is 0.331 e. The molecule has 1 aliphatic carbocycles. The molecule has 0 saturated heterocycles. The first kappa shape index (κ1) is 8.75. The Morgan fingerprint density at radius 1 is 1.21 bits per heavy atom. The minimum Gasteiger partial charge on any atom is -0.478 e. The summed E-state index contributed by atoms with van der Waals surface area (Å²) < 4.78 is 0. The fourth-order valence-corrected chi connectivity index (χ4v) is 1.51. The maximum Gasteiger partial charge on any atom is 0.331 e. The number of rotatable bonds is 2. The average Bonchev–Trinajstić information content (AvgIpc) is 2.68. The number of carboxylic acids is 1. The number of carboxylic acid groups (broad SMARTS) is 1. The second kappa shape index (κ2) is 3.50. The molecule has 0 aromatic heterocycles. The lowest BCUT2D eigenvalue weighted by Crippen LogP contribution is -1.96. The summed E-state index contributed by atoms with van der Waals surface area (Å²) in [6.45, 7) is 0. The lowest BCUT2D eigenvalue weighted by molar-refractivity contribution is -0.132. The van der Waals surface area contributed by atoms with Crippen LogP contribution in [0.3, 0.4) is 0 Å². The molecule has 2 nitrogen and oxygen atoms in total. The van der Waals surface area contributed by atoms with Crippen LogP contribution in [0.4, 0.5) is 0 Å². The molecule has 0 bridgehead atoms. The third kappa shape index (κ3) is 1.59. The van der Waals surface area contributed by atoms with Crippen molar-refractivity contribution in [2.24, 2.45) is 0 Å². The molecule has 1 aromatic carbocycles. The highest BCUT2D eigenvalue weighted by molar-refractivity contribution is 5.94. The largest absolute Gasteiger partial charge is 0.478 e.